The van der Waals surface area contributed by atoms with Gasteiger partial charge >= 0.3 is 0 Å². The number of halogens is 2. The molecule has 3 nitrogen and oxygen atoms in total. The minimum Gasteiger partial charge on any atom is -0.512 e. The van der Waals surface area contributed by atoms with E-state index in [1.165, 1.54) is 0 Å². The summed E-state index contributed by atoms with van der Waals surface area (Å²) in [4.78, 5) is -0.666. The molecule has 4 aliphatic rings. The zero-order valence-electron chi connectivity index (χ0n) is 14.3. The van der Waals surface area contributed by atoms with Crippen LogP contribution in [0.2, 0.25) is 0 Å². The predicted octanol–water partition coefficient (Wildman–Crippen LogP) is 3.46. The summed E-state index contributed by atoms with van der Waals surface area (Å²) in [5, 5.41) is 20.8. The fraction of sp³-hybridized carbons (Fsp3) is 0.789. The maximum atomic E-state index is 14.4. The van der Waals surface area contributed by atoms with E-state index in [1.54, 1.807) is 0 Å². The van der Waals surface area contributed by atoms with Crippen LogP contribution in [0.15, 0.2) is 24.0 Å². The molecule has 4 rings (SSSR count). The molecule has 134 valence electrons. The number of allylic oxidation sites excluding steroid dienone is 3. The van der Waals surface area contributed by atoms with Crippen molar-refractivity contribution in [2.24, 2.45) is 34.3 Å². The Bertz CT molecular complexity index is 624. The summed E-state index contributed by atoms with van der Waals surface area (Å²) in [6.45, 7) is 4.17. The number of hydrogen-bond donors (Lipinski definition) is 3. The van der Waals surface area contributed by atoms with Crippen LogP contribution in [0.25, 0.3) is 0 Å². The van der Waals surface area contributed by atoms with E-state index < -0.39 is 23.2 Å². The monoisotopic (exact) mass is 355 g/mol. The Labute approximate surface area is 147 Å². The largest absolute Gasteiger partial charge is 0.512 e. The van der Waals surface area contributed by atoms with Crippen LogP contribution in [0.3, 0.4) is 0 Å². The summed E-state index contributed by atoms with van der Waals surface area (Å²) in [7, 11) is 0. The van der Waals surface area contributed by atoms with Gasteiger partial charge < -0.3 is 15.9 Å². The predicted molar refractivity (Wildman–Crippen MR) is 92.5 cm³/mol. The van der Waals surface area contributed by atoms with Gasteiger partial charge in [-0.3, -0.25) is 0 Å². The van der Waals surface area contributed by atoms with Gasteiger partial charge in [0.1, 0.15) is 6.17 Å². The summed E-state index contributed by atoms with van der Waals surface area (Å²) in [6.07, 6.45) is 6.55. The first-order chi connectivity index (χ1) is 11.1. The molecule has 0 aliphatic heterocycles. The van der Waals surface area contributed by atoms with Gasteiger partial charge in [-0.15, -0.1) is 11.6 Å². The molecule has 2 saturated carbocycles. The van der Waals surface area contributed by atoms with E-state index in [0.717, 1.165) is 6.42 Å². The lowest BCUT2D eigenvalue weighted by Gasteiger charge is -2.61. The van der Waals surface area contributed by atoms with Gasteiger partial charge in [0.2, 0.25) is 0 Å². The molecule has 2 fully saturated rings. The Morgan fingerprint density at radius 1 is 1.29 bits per heavy atom. The van der Waals surface area contributed by atoms with Crippen LogP contribution in [0.5, 0.6) is 0 Å². The first kappa shape index (κ1) is 16.9. The van der Waals surface area contributed by atoms with Gasteiger partial charge in [-0.25, -0.2) is 4.39 Å². The molecule has 24 heavy (non-hydrogen) atoms. The average molecular weight is 356 g/mol. The third kappa shape index (κ3) is 1.85. The number of aliphatic hydroxyl groups excluding tert-OH is 2. The summed E-state index contributed by atoms with van der Waals surface area (Å²) in [6, 6.07) is -0.495. The van der Waals surface area contributed by atoms with Gasteiger partial charge in [-0.1, -0.05) is 26.0 Å². The van der Waals surface area contributed by atoms with Crippen LogP contribution < -0.4 is 5.73 Å². The molecule has 0 amide bonds. The number of alkyl halides is 2. The lowest BCUT2D eigenvalue weighted by Crippen LogP contribution is -2.62. The van der Waals surface area contributed by atoms with Gasteiger partial charge in [0.25, 0.3) is 0 Å². The fourth-order valence-electron chi connectivity index (χ4n) is 6.17. The standard InChI is InChI=1S/C19H27ClFNO2/c1-17-5-6-19(20)15(12(17)9-13(21)16(17)22)14(24)8-10-7-11(23)3-4-18(10,19)2/h3-4,8,10-13,15-16,23-24H,5-7,9,22H2,1-2H3/t10?,11-,12+,13-,15-,16?,17+,18+,19-/m1/s1. The van der Waals surface area contributed by atoms with Crippen LogP contribution in [0.1, 0.15) is 39.5 Å². The number of hydrogen-bond acceptors (Lipinski definition) is 3. The van der Waals surface area contributed by atoms with Crippen LogP contribution >= 0.6 is 11.6 Å². The SMILES string of the molecule is C[C@]12C=C[C@@H](O)CC1C=C(O)[C@H]1[C@@H]3C[C@@H](F)C(N)[C@@]3(C)CC[C@@]12Cl. The van der Waals surface area contributed by atoms with Crippen molar-refractivity contribution in [3.63, 3.8) is 0 Å². The number of fused-ring (bicyclic) bond motifs is 5. The zero-order chi connectivity index (χ0) is 17.5. The summed E-state index contributed by atoms with van der Waals surface area (Å²) < 4.78 is 14.4. The van der Waals surface area contributed by atoms with E-state index in [-0.39, 0.29) is 34.3 Å². The zero-order valence-corrected chi connectivity index (χ0v) is 15.0. The molecule has 4 aliphatic carbocycles. The van der Waals surface area contributed by atoms with Gasteiger partial charge in [0.15, 0.2) is 0 Å². The van der Waals surface area contributed by atoms with E-state index in [0.29, 0.717) is 19.3 Å². The second kappa shape index (κ2) is 4.99. The highest BCUT2D eigenvalue weighted by Gasteiger charge is 2.68. The molecule has 0 saturated heterocycles. The van der Waals surface area contributed by atoms with E-state index in [9.17, 15) is 14.6 Å². The molecular weight excluding hydrogens is 329 g/mol. The molecule has 0 bridgehead atoms. The average Bonchev–Trinajstić information content (AvgIpc) is 2.74. The number of nitrogens with two attached hydrogens (primary N) is 1. The van der Waals surface area contributed by atoms with Crippen molar-refractivity contribution in [3.8, 4) is 0 Å². The van der Waals surface area contributed by atoms with Crippen molar-refractivity contribution < 1.29 is 14.6 Å². The Balaban J connectivity index is 1.83. The minimum atomic E-state index is -1.04. The van der Waals surface area contributed by atoms with E-state index >= 15 is 0 Å². The third-order valence-electron chi connectivity index (χ3n) is 7.92. The van der Waals surface area contributed by atoms with E-state index in [2.05, 4.69) is 13.8 Å². The second-order valence-electron chi connectivity index (χ2n) is 8.87. The Morgan fingerprint density at radius 2 is 2.00 bits per heavy atom. The highest BCUT2D eigenvalue weighted by molar-refractivity contribution is 6.25. The van der Waals surface area contributed by atoms with E-state index in [1.807, 2.05) is 18.2 Å². The van der Waals surface area contributed by atoms with Crippen LogP contribution in [0.4, 0.5) is 4.39 Å². The molecule has 0 aromatic carbocycles. The molecule has 0 spiro atoms. The van der Waals surface area contributed by atoms with Crippen molar-refractivity contribution in [2.75, 3.05) is 0 Å². The molecule has 0 aromatic heterocycles. The summed E-state index contributed by atoms with van der Waals surface area (Å²) in [5.41, 5.74) is 5.51. The highest BCUT2D eigenvalue weighted by atomic mass is 35.5. The fourth-order valence-corrected chi connectivity index (χ4v) is 6.74. The van der Waals surface area contributed by atoms with E-state index in [4.69, 9.17) is 17.3 Å². The van der Waals surface area contributed by atoms with Crippen molar-refractivity contribution in [1.29, 1.82) is 0 Å². The lowest BCUT2D eigenvalue weighted by molar-refractivity contribution is -0.0296. The first-order valence-corrected chi connectivity index (χ1v) is 9.38. The van der Waals surface area contributed by atoms with Crippen LogP contribution in [0, 0.1) is 28.6 Å². The Morgan fingerprint density at radius 3 is 2.71 bits per heavy atom. The quantitative estimate of drug-likeness (QED) is 0.460. The Kier molecular flexibility index (Phi) is 3.50. The third-order valence-corrected chi connectivity index (χ3v) is 8.75. The van der Waals surface area contributed by atoms with Gasteiger partial charge in [-0.05, 0) is 49.0 Å². The number of rotatable bonds is 0. The van der Waals surface area contributed by atoms with Crippen LogP contribution in [-0.4, -0.2) is 33.4 Å². The molecular formula is C19H27ClFNO2. The molecule has 0 heterocycles. The summed E-state index contributed by atoms with van der Waals surface area (Å²) in [5.74, 6) is -0.0760. The van der Waals surface area contributed by atoms with Crippen LogP contribution in [-0.2, 0) is 0 Å². The lowest BCUT2D eigenvalue weighted by atomic mass is 9.47. The molecule has 5 heteroatoms. The topological polar surface area (TPSA) is 66.5 Å². The maximum absolute atomic E-state index is 14.4. The smallest absolute Gasteiger partial charge is 0.116 e. The van der Waals surface area contributed by atoms with Crippen molar-refractivity contribution in [3.05, 3.63) is 24.0 Å². The van der Waals surface area contributed by atoms with Gasteiger partial charge in [0, 0.05) is 17.4 Å². The minimum absolute atomic E-state index is 0.00754. The number of aliphatic hydroxyl groups is 2. The first-order valence-electron chi connectivity index (χ1n) is 9.00. The van der Waals surface area contributed by atoms with Crippen molar-refractivity contribution >= 4 is 11.6 Å². The molecule has 4 N–H and O–H groups in total. The molecule has 9 atom stereocenters. The molecule has 0 aromatic rings. The molecule has 2 unspecified atom stereocenters. The van der Waals surface area contributed by atoms with Gasteiger partial charge in [-0.2, -0.15) is 0 Å². The normalized spacial score (nSPS) is 59.3. The van der Waals surface area contributed by atoms with Crippen molar-refractivity contribution in [1.82, 2.24) is 0 Å². The Hall–Kier alpha value is -0.580. The maximum Gasteiger partial charge on any atom is 0.116 e. The second-order valence-corrected chi connectivity index (χ2v) is 9.55. The highest BCUT2D eigenvalue weighted by Crippen LogP contribution is 2.68. The van der Waals surface area contributed by atoms with Gasteiger partial charge in [0.05, 0.1) is 16.7 Å². The van der Waals surface area contributed by atoms with Crippen molar-refractivity contribution in [2.45, 2.75) is 62.7 Å². The molecule has 0 radical (unpaired) electrons. The summed E-state index contributed by atoms with van der Waals surface area (Å²) >= 11 is 7.26.